The molecule has 0 radical (unpaired) electrons. The van der Waals surface area contributed by atoms with Gasteiger partial charge in [-0.3, -0.25) is 4.79 Å². The van der Waals surface area contributed by atoms with E-state index in [0.717, 1.165) is 25.1 Å². The van der Waals surface area contributed by atoms with Crippen LogP contribution in [0, 0.1) is 5.92 Å². The first-order chi connectivity index (χ1) is 8.60. The summed E-state index contributed by atoms with van der Waals surface area (Å²) in [7, 11) is 4.19. The molecule has 2 rings (SSSR count). The average molecular weight is 267 g/mol. The van der Waals surface area contributed by atoms with Crippen LogP contribution in [0.4, 0.5) is 5.69 Å². The zero-order chi connectivity index (χ0) is 13.1. The quantitative estimate of drug-likeness (QED) is 0.783. The summed E-state index contributed by atoms with van der Waals surface area (Å²) in [5.41, 5.74) is 1.63. The van der Waals surface area contributed by atoms with Gasteiger partial charge in [-0.15, -0.1) is 0 Å². The lowest BCUT2D eigenvalue weighted by Gasteiger charge is -2.24. The number of carbonyl (C=O) groups excluding carboxylic acids is 1. The van der Waals surface area contributed by atoms with Gasteiger partial charge in [-0.2, -0.15) is 0 Å². The maximum Gasteiger partial charge on any atom is 0.152 e. The standard InChI is InChI=1S/C14H19ClN2O/c1-16-6-5-11(8-16)9-17(2)14-4-3-13(15)7-12(14)10-18/h3-4,7,10-11H,5-6,8-9H2,1-2H3. The molecule has 1 fully saturated rings. The molecule has 1 unspecified atom stereocenters. The topological polar surface area (TPSA) is 23.6 Å². The number of anilines is 1. The molecule has 0 aromatic heterocycles. The van der Waals surface area contributed by atoms with Crippen LogP contribution >= 0.6 is 11.6 Å². The van der Waals surface area contributed by atoms with Crippen molar-refractivity contribution in [1.29, 1.82) is 0 Å². The van der Waals surface area contributed by atoms with Crippen molar-refractivity contribution in [2.24, 2.45) is 5.92 Å². The van der Waals surface area contributed by atoms with Crippen molar-refractivity contribution in [3.05, 3.63) is 28.8 Å². The predicted octanol–water partition coefficient (Wildman–Crippen LogP) is 2.54. The first-order valence-corrected chi connectivity index (χ1v) is 6.62. The van der Waals surface area contributed by atoms with Gasteiger partial charge in [0, 0.05) is 36.4 Å². The largest absolute Gasteiger partial charge is 0.374 e. The number of hydrogen-bond donors (Lipinski definition) is 0. The van der Waals surface area contributed by atoms with Crippen molar-refractivity contribution in [2.75, 3.05) is 38.6 Å². The summed E-state index contributed by atoms with van der Waals surface area (Å²) in [6.45, 7) is 3.28. The van der Waals surface area contributed by atoms with Gasteiger partial charge >= 0.3 is 0 Å². The van der Waals surface area contributed by atoms with Gasteiger partial charge in [-0.05, 0) is 44.1 Å². The first kappa shape index (κ1) is 13.4. The number of halogens is 1. The Balaban J connectivity index is 2.08. The predicted molar refractivity (Wildman–Crippen MR) is 75.7 cm³/mol. The number of aldehydes is 1. The lowest BCUT2D eigenvalue weighted by atomic mass is 10.1. The van der Waals surface area contributed by atoms with Crippen molar-refractivity contribution in [3.63, 3.8) is 0 Å². The van der Waals surface area contributed by atoms with Crippen molar-refractivity contribution >= 4 is 23.6 Å². The summed E-state index contributed by atoms with van der Waals surface area (Å²) in [5.74, 6) is 0.676. The molecule has 0 aliphatic carbocycles. The molecule has 0 saturated carbocycles. The summed E-state index contributed by atoms with van der Waals surface area (Å²) < 4.78 is 0. The van der Waals surface area contributed by atoms with Crippen LogP contribution in [0.15, 0.2) is 18.2 Å². The smallest absolute Gasteiger partial charge is 0.152 e. The number of likely N-dealkylation sites (tertiary alicyclic amines) is 1. The van der Waals surface area contributed by atoms with E-state index in [-0.39, 0.29) is 0 Å². The molecule has 1 aromatic carbocycles. The highest BCUT2D eigenvalue weighted by Crippen LogP contribution is 2.24. The van der Waals surface area contributed by atoms with Gasteiger partial charge in [-0.1, -0.05) is 11.6 Å². The molecule has 0 amide bonds. The summed E-state index contributed by atoms with van der Waals surface area (Å²) in [6.07, 6.45) is 2.10. The highest BCUT2D eigenvalue weighted by Gasteiger charge is 2.21. The molecule has 98 valence electrons. The number of benzene rings is 1. The second kappa shape index (κ2) is 5.72. The lowest BCUT2D eigenvalue weighted by Crippen LogP contribution is -2.27. The van der Waals surface area contributed by atoms with E-state index in [0.29, 0.717) is 16.5 Å². The molecular weight excluding hydrogens is 248 g/mol. The molecule has 0 spiro atoms. The van der Waals surface area contributed by atoms with Gasteiger partial charge in [0.2, 0.25) is 0 Å². The van der Waals surface area contributed by atoms with Crippen LogP contribution in [0.1, 0.15) is 16.8 Å². The van der Waals surface area contributed by atoms with E-state index in [1.807, 2.05) is 19.2 Å². The molecule has 3 nitrogen and oxygen atoms in total. The molecule has 1 aromatic rings. The number of hydrogen-bond acceptors (Lipinski definition) is 3. The summed E-state index contributed by atoms with van der Waals surface area (Å²) in [4.78, 5) is 15.6. The maximum atomic E-state index is 11.1. The molecule has 0 bridgehead atoms. The zero-order valence-corrected chi connectivity index (χ0v) is 11.7. The van der Waals surface area contributed by atoms with Gasteiger partial charge in [0.25, 0.3) is 0 Å². The fraction of sp³-hybridized carbons (Fsp3) is 0.500. The van der Waals surface area contributed by atoms with Gasteiger partial charge in [0.15, 0.2) is 6.29 Å². The summed E-state index contributed by atoms with van der Waals surface area (Å²) in [5, 5.41) is 0.606. The zero-order valence-electron chi connectivity index (χ0n) is 10.9. The fourth-order valence-electron chi connectivity index (χ4n) is 2.63. The highest BCUT2D eigenvalue weighted by atomic mass is 35.5. The normalized spacial score (nSPS) is 20.1. The molecule has 1 atom stereocenters. The monoisotopic (exact) mass is 266 g/mol. The molecule has 1 saturated heterocycles. The van der Waals surface area contributed by atoms with E-state index < -0.39 is 0 Å². The minimum absolute atomic E-state index is 0.606. The molecule has 1 aliphatic heterocycles. The van der Waals surface area contributed by atoms with E-state index in [1.54, 1.807) is 6.07 Å². The van der Waals surface area contributed by atoms with Crippen LogP contribution in [0.5, 0.6) is 0 Å². The third-order valence-corrected chi connectivity index (χ3v) is 3.78. The Bertz CT molecular complexity index is 436. The SMILES string of the molecule is CN1CCC(CN(C)c2ccc(Cl)cc2C=O)C1. The maximum absolute atomic E-state index is 11.1. The molecular formula is C14H19ClN2O. The minimum Gasteiger partial charge on any atom is -0.374 e. The third kappa shape index (κ3) is 3.03. The Morgan fingerprint density at radius 2 is 2.33 bits per heavy atom. The Kier molecular flexibility index (Phi) is 4.25. The van der Waals surface area contributed by atoms with E-state index >= 15 is 0 Å². The average Bonchev–Trinajstić information content (AvgIpc) is 2.74. The second-order valence-electron chi connectivity index (χ2n) is 5.12. The molecule has 0 N–H and O–H groups in total. The molecule has 1 aliphatic rings. The Morgan fingerprint density at radius 1 is 1.56 bits per heavy atom. The van der Waals surface area contributed by atoms with Crippen LogP contribution in [0.2, 0.25) is 5.02 Å². The van der Waals surface area contributed by atoms with Gasteiger partial charge in [0.1, 0.15) is 0 Å². The highest BCUT2D eigenvalue weighted by molar-refractivity contribution is 6.31. The Hall–Kier alpha value is -1.06. The van der Waals surface area contributed by atoms with E-state index in [4.69, 9.17) is 11.6 Å². The van der Waals surface area contributed by atoms with Crippen LogP contribution < -0.4 is 4.90 Å². The lowest BCUT2D eigenvalue weighted by molar-refractivity contribution is 0.112. The van der Waals surface area contributed by atoms with Crippen molar-refractivity contribution in [3.8, 4) is 0 Å². The number of nitrogens with zero attached hydrogens (tertiary/aromatic N) is 2. The van der Waals surface area contributed by atoms with Gasteiger partial charge in [-0.25, -0.2) is 0 Å². The molecule has 18 heavy (non-hydrogen) atoms. The van der Waals surface area contributed by atoms with Gasteiger partial charge in [0.05, 0.1) is 0 Å². The van der Waals surface area contributed by atoms with E-state index in [9.17, 15) is 4.79 Å². The summed E-state index contributed by atoms with van der Waals surface area (Å²) in [6, 6.07) is 5.48. The summed E-state index contributed by atoms with van der Waals surface area (Å²) >= 11 is 5.91. The minimum atomic E-state index is 0.606. The third-order valence-electron chi connectivity index (χ3n) is 3.55. The van der Waals surface area contributed by atoms with Crippen molar-refractivity contribution < 1.29 is 4.79 Å². The van der Waals surface area contributed by atoms with Crippen molar-refractivity contribution in [1.82, 2.24) is 4.90 Å². The first-order valence-electron chi connectivity index (χ1n) is 6.24. The number of carbonyl (C=O) groups is 1. The molecule has 4 heteroatoms. The van der Waals surface area contributed by atoms with Gasteiger partial charge < -0.3 is 9.80 Å². The fourth-order valence-corrected chi connectivity index (χ4v) is 2.81. The molecule has 1 heterocycles. The van der Waals surface area contributed by atoms with Crippen LogP contribution in [0.3, 0.4) is 0 Å². The Morgan fingerprint density at radius 3 is 2.94 bits per heavy atom. The van der Waals surface area contributed by atoms with Crippen LogP contribution in [0.25, 0.3) is 0 Å². The van der Waals surface area contributed by atoms with Crippen LogP contribution in [-0.4, -0.2) is 44.9 Å². The second-order valence-corrected chi connectivity index (χ2v) is 5.55. The number of rotatable bonds is 4. The van der Waals surface area contributed by atoms with Crippen molar-refractivity contribution in [2.45, 2.75) is 6.42 Å². The Labute approximate surface area is 113 Å². The van der Waals surface area contributed by atoms with Crippen LogP contribution in [-0.2, 0) is 0 Å². The van der Waals surface area contributed by atoms with E-state index in [2.05, 4.69) is 16.8 Å². The van der Waals surface area contributed by atoms with E-state index in [1.165, 1.54) is 13.0 Å².